The first-order valence-corrected chi connectivity index (χ1v) is 6.27. The molecule has 3 heteroatoms. The van der Waals surface area contributed by atoms with Crippen molar-refractivity contribution >= 4 is 5.91 Å². The minimum absolute atomic E-state index is 0.0427. The van der Waals surface area contributed by atoms with Gasteiger partial charge >= 0.3 is 0 Å². The van der Waals surface area contributed by atoms with Gasteiger partial charge in [0, 0.05) is 19.5 Å². The molecule has 0 aromatic heterocycles. The second kappa shape index (κ2) is 6.52. The summed E-state index contributed by atoms with van der Waals surface area (Å²) in [6.45, 7) is 1.93. The third kappa shape index (κ3) is 3.84. The molecule has 1 rings (SSSR count). The maximum atomic E-state index is 11.9. The van der Waals surface area contributed by atoms with Crippen LogP contribution < -0.4 is 0 Å². The van der Waals surface area contributed by atoms with E-state index in [1.807, 2.05) is 14.0 Å². The summed E-state index contributed by atoms with van der Waals surface area (Å²) < 4.78 is 0. The number of amides is 1. The molecule has 16 heavy (non-hydrogen) atoms. The number of nitrogens with zero attached hydrogens (tertiary/aromatic N) is 2. The molecule has 1 aliphatic carbocycles. The minimum Gasteiger partial charge on any atom is -0.342 e. The van der Waals surface area contributed by atoms with Gasteiger partial charge in [0.2, 0.25) is 5.91 Å². The molecule has 0 aliphatic heterocycles. The normalized spacial score (nSPS) is 18.8. The molecular weight excluding hydrogens is 200 g/mol. The molecule has 0 radical (unpaired) electrons. The average molecular weight is 222 g/mol. The maximum Gasteiger partial charge on any atom is 0.222 e. The summed E-state index contributed by atoms with van der Waals surface area (Å²) in [7, 11) is 1.81. The molecule has 1 aliphatic rings. The lowest BCUT2D eigenvalue weighted by Crippen LogP contribution is -2.36. The van der Waals surface area contributed by atoms with Gasteiger partial charge in [0.25, 0.3) is 0 Å². The average Bonchev–Trinajstić information content (AvgIpc) is 2.29. The van der Waals surface area contributed by atoms with Gasteiger partial charge in [-0.3, -0.25) is 4.79 Å². The molecule has 0 N–H and O–H groups in total. The minimum atomic E-state index is 0.0427. The Labute approximate surface area is 98.4 Å². The van der Waals surface area contributed by atoms with Gasteiger partial charge in [0.1, 0.15) is 0 Å². The fraction of sp³-hybridized carbons (Fsp3) is 0.846. The standard InChI is InChI=1S/C13H22N2O/c1-11(8-9-14)15(2)13(16)10-12-6-4-3-5-7-12/h11-12H,3-8,10H2,1-2H3. The summed E-state index contributed by atoms with van der Waals surface area (Å²) in [6.07, 6.45) is 7.37. The highest BCUT2D eigenvalue weighted by molar-refractivity contribution is 5.76. The Morgan fingerprint density at radius 3 is 2.62 bits per heavy atom. The van der Waals surface area contributed by atoms with Crippen LogP contribution in [0.2, 0.25) is 0 Å². The fourth-order valence-corrected chi connectivity index (χ4v) is 2.30. The van der Waals surface area contributed by atoms with Crippen LogP contribution >= 0.6 is 0 Å². The summed E-state index contributed by atoms with van der Waals surface area (Å²) in [5.41, 5.74) is 0. The molecule has 90 valence electrons. The number of carbonyl (C=O) groups excluding carboxylic acids is 1. The summed E-state index contributed by atoms with van der Waals surface area (Å²) >= 11 is 0. The Kier molecular flexibility index (Phi) is 5.31. The second-order valence-corrected chi connectivity index (χ2v) is 4.92. The van der Waals surface area contributed by atoms with Gasteiger partial charge in [-0.25, -0.2) is 0 Å². The van der Waals surface area contributed by atoms with Crippen molar-refractivity contribution in [3.05, 3.63) is 0 Å². The van der Waals surface area contributed by atoms with Gasteiger partial charge in [-0.1, -0.05) is 19.3 Å². The lowest BCUT2D eigenvalue weighted by atomic mass is 9.86. The molecule has 3 nitrogen and oxygen atoms in total. The highest BCUT2D eigenvalue weighted by Crippen LogP contribution is 2.26. The van der Waals surface area contributed by atoms with E-state index < -0.39 is 0 Å². The molecule has 0 aromatic rings. The molecule has 1 fully saturated rings. The third-order valence-electron chi connectivity index (χ3n) is 3.63. The van der Waals surface area contributed by atoms with E-state index in [9.17, 15) is 4.79 Å². The third-order valence-corrected chi connectivity index (χ3v) is 3.63. The van der Waals surface area contributed by atoms with Gasteiger partial charge < -0.3 is 4.90 Å². The molecule has 0 spiro atoms. The Balaban J connectivity index is 2.35. The lowest BCUT2D eigenvalue weighted by molar-refractivity contribution is -0.132. The van der Waals surface area contributed by atoms with E-state index in [-0.39, 0.29) is 11.9 Å². The fourth-order valence-electron chi connectivity index (χ4n) is 2.30. The molecule has 0 bridgehead atoms. The molecule has 1 atom stereocenters. The van der Waals surface area contributed by atoms with Crippen LogP contribution in [0.3, 0.4) is 0 Å². The van der Waals surface area contributed by atoms with E-state index in [0.29, 0.717) is 18.8 Å². The van der Waals surface area contributed by atoms with Crippen molar-refractivity contribution < 1.29 is 4.79 Å². The molecule has 0 heterocycles. The van der Waals surface area contributed by atoms with Crippen molar-refractivity contribution in [2.45, 2.75) is 57.9 Å². The maximum absolute atomic E-state index is 11.9. The van der Waals surface area contributed by atoms with Crippen molar-refractivity contribution in [3.63, 3.8) is 0 Å². The van der Waals surface area contributed by atoms with E-state index in [1.165, 1.54) is 32.1 Å². The first-order chi connectivity index (χ1) is 7.65. The molecule has 1 amide bonds. The number of rotatable bonds is 4. The van der Waals surface area contributed by atoms with Crippen LogP contribution in [0.25, 0.3) is 0 Å². The van der Waals surface area contributed by atoms with E-state index in [2.05, 4.69) is 6.07 Å². The molecule has 1 saturated carbocycles. The number of nitriles is 1. The Hall–Kier alpha value is -1.04. The summed E-state index contributed by atoms with van der Waals surface area (Å²) in [5, 5.41) is 8.60. The van der Waals surface area contributed by atoms with Crippen LogP contribution in [-0.4, -0.2) is 23.9 Å². The van der Waals surface area contributed by atoms with Crippen molar-refractivity contribution in [2.75, 3.05) is 7.05 Å². The van der Waals surface area contributed by atoms with Crippen LogP contribution in [0.5, 0.6) is 0 Å². The zero-order chi connectivity index (χ0) is 12.0. The van der Waals surface area contributed by atoms with Gasteiger partial charge in [0.15, 0.2) is 0 Å². The predicted molar refractivity (Wildman–Crippen MR) is 63.7 cm³/mol. The van der Waals surface area contributed by atoms with E-state index in [4.69, 9.17) is 5.26 Å². The molecule has 0 saturated heterocycles. The van der Waals surface area contributed by atoms with E-state index >= 15 is 0 Å². The molecule has 0 aromatic carbocycles. The van der Waals surface area contributed by atoms with Gasteiger partial charge in [-0.05, 0) is 25.7 Å². The zero-order valence-electron chi connectivity index (χ0n) is 10.4. The van der Waals surface area contributed by atoms with Gasteiger partial charge in [0.05, 0.1) is 12.5 Å². The molecular formula is C13H22N2O. The van der Waals surface area contributed by atoms with Crippen molar-refractivity contribution in [1.82, 2.24) is 4.90 Å². The SMILES string of the molecule is CC(CC#N)N(C)C(=O)CC1CCCCC1. The first kappa shape index (κ1) is 13.0. The molecule has 1 unspecified atom stereocenters. The summed E-state index contributed by atoms with van der Waals surface area (Å²) in [4.78, 5) is 13.7. The lowest BCUT2D eigenvalue weighted by Gasteiger charge is -2.27. The largest absolute Gasteiger partial charge is 0.342 e. The Bertz CT molecular complexity index is 264. The van der Waals surface area contributed by atoms with Crippen LogP contribution in [0.15, 0.2) is 0 Å². The van der Waals surface area contributed by atoms with Crippen molar-refractivity contribution in [1.29, 1.82) is 5.26 Å². The quantitative estimate of drug-likeness (QED) is 0.734. The smallest absolute Gasteiger partial charge is 0.222 e. The highest BCUT2D eigenvalue weighted by atomic mass is 16.2. The van der Waals surface area contributed by atoms with Crippen LogP contribution in [0.1, 0.15) is 51.9 Å². The monoisotopic (exact) mass is 222 g/mol. The van der Waals surface area contributed by atoms with Crippen LogP contribution in [0, 0.1) is 17.2 Å². The predicted octanol–water partition coefficient (Wildman–Crippen LogP) is 2.72. The number of hydrogen-bond donors (Lipinski definition) is 0. The zero-order valence-corrected chi connectivity index (χ0v) is 10.4. The highest BCUT2D eigenvalue weighted by Gasteiger charge is 2.21. The first-order valence-electron chi connectivity index (χ1n) is 6.27. The van der Waals surface area contributed by atoms with Gasteiger partial charge in [-0.15, -0.1) is 0 Å². The Morgan fingerprint density at radius 1 is 1.44 bits per heavy atom. The van der Waals surface area contributed by atoms with E-state index in [0.717, 1.165) is 0 Å². The van der Waals surface area contributed by atoms with E-state index in [1.54, 1.807) is 4.90 Å². The topological polar surface area (TPSA) is 44.1 Å². The van der Waals surface area contributed by atoms with Gasteiger partial charge in [-0.2, -0.15) is 5.26 Å². The summed E-state index contributed by atoms with van der Waals surface area (Å²) in [6, 6.07) is 2.16. The Morgan fingerprint density at radius 2 is 2.06 bits per heavy atom. The second-order valence-electron chi connectivity index (χ2n) is 4.92. The van der Waals surface area contributed by atoms with Crippen LogP contribution in [-0.2, 0) is 4.79 Å². The van der Waals surface area contributed by atoms with Crippen molar-refractivity contribution in [2.24, 2.45) is 5.92 Å². The van der Waals surface area contributed by atoms with Crippen LogP contribution in [0.4, 0.5) is 0 Å². The van der Waals surface area contributed by atoms with Crippen molar-refractivity contribution in [3.8, 4) is 6.07 Å². The number of hydrogen-bond acceptors (Lipinski definition) is 2. The number of carbonyl (C=O) groups is 1. The summed E-state index contributed by atoms with van der Waals surface area (Å²) in [5.74, 6) is 0.785.